The summed E-state index contributed by atoms with van der Waals surface area (Å²) in [5, 5.41) is 2.75. The van der Waals surface area contributed by atoms with Gasteiger partial charge in [0.25, 0.3) is 5.91 Å². The van der Waals surface area contributed by atoms with E-state index in [1.54, 1.807) is 12.1 Å². The van der Waals surface area contributed by atoms with Crippen molar-refractivity contribution in [3.8, 4) is 11.5 Å². The summed E-state index contributed by atoms with van der Waals surface area (Å²) in [6, 6.07) is 9.57. The number of carbonyl (C=O) groups excluding carboxylic acids is 3. The number of Topliss-reactive ketones (excluding diaryl/α,β-unsaturated/α-hetero) is 1. The van der Waals surface area contributed by atoms with Gasteiger partial charge in [-0.1, -0.05) is 31.9 Å². The summed E-state index contributed by atoms with van der Waals surface area (Å²) in [6.07, 6.45) is 1.84. The number of halogens is 1. The van der Waals surface area contributed by atoms with Crippen LogP contribution in [0.15, 0.2) is 42.5 Å². The van der Waals surface area contributed by atoms with E-state index in [1.165, 1.54) is 30.3 Å². The van der Waals surface area contributed by atoms with Gasteiger partial charge in [0.1, 0.15) is 11.4 Å². The first-order valence-corrected chi connectivity index (χ1v) is 9.77. The second-order valence-corrected chi connectivity index (χ2v) is 7.33. The van der Waals surface area contributed by atoms with Crippen molar-refractivity contribution in [1.82, 2.24) is 10.2 Å². The zero-order valence-electron chi connectivity index (χ0n) is 16.4. The van der Waals surface area contributed by atoms with Gasteiger partial charge in [0.2, 0.25) is 6.79 Å². The van der Waals surface area contributed by atoms with Crippen LogP contribution in [0.4, 0.5) is 9.18 Å². The smallest absolute Gasteiger partial charge is 0.325 e. The molecule has 2 heterocycles. The molecule has 156 valence electrons. The lowest BCUT2D eigenvalue weighted by Crippen LogP contribution is -2.44. The van der Waals surface area contributed by atoms with Crippen LogP contribution in [-0.2, 0) is 10.3 Å². The average Bonchev–Trinajstić information content (AvgIpc) is 3.31. The van der Waals surface area contributed by atoms with Crippen LogP contribution in [0.2, 0.25) is 0 Å². The highest BCUT2D eigenvalue weighted by atomic mass is 19.1. The SMILES string of the molecule is CCCC[C@]1(c2ccc(F)cc2)NC(=O)N(CC(=O)c2ccc3c(c2)OCO3)C1=O. The summed E-state index contributed by atoms with van der Waals surface area (Å²) in [6.45, 7) is 1.65. The summed E-state index contributed by atoms with van der Waals surface area (Å²) in [5.74, 6) is -0.363. The van der Waals surface area contributed by atoms with Crippen molar-refractivity contribution in [1.29, 1.82) is 0 Å². The number of carbonyl (C=O) groups is 3. The van der Waals surface area contributed by atoms with Crippen LogP contribution in [0.1, 0.15) is 42.1 Å². The number of nitrogens with one attached hydrogen (secondary N) is 1. The highest BCUT2D eigenvalue weighted by Gasteiger charge is 2.52. The molecule has 2 aliphatic rings. The number of hydrogen-bond donors (Lipinski definition) is 1. The number of rotatable bonds is 7. The van der Waals surface area contributed by atoms with Gasteiger partial charge in [-0.15, -0.1) is 0 Å². The molecule has 0 aromatic heterocycles. The Kier molecular flexibility index (Phi) is 5.15. The van der Waals surface area contributed by atoms with Gasteiger partial charge in [-0.05, 0) is 42.3 Å². The predicted octanol–water partition coefficient (Wildman–Crippen LogP) is 3.37. The molecule has 2 aromatic rings. The first-order valence-electron chi connectivity index (χ1n) is 9.77. The third kappa shape index (κ3) is 3.38. The van der Waals surface area contributed by atoms with Crippen molar-refractivity contribution in [2.75, 3.05) is 13.3 Å². The molecule has 0 saturated carbocycles. The van der Waals surface area contributed by atoms with E-state index in [4.69, 9.17) is 9.47 Å². The Balaban J connectivity index is 1.60. The molecule has 0 bridgehead atoms. The molecule has 7 nitrogen and oxygen atoms in total. The molecule has 2 aromatic carbocycles. The normalized spacial score (nSPS) is 19.9. The molecule has 1 N–H and O–H groups in total. The van der Waals surface area contributed by atoms with E-state index in [0.717, 1.165) is 11.3 Å². The molecule has 8 heteroatoms. The lowest BCUT2D eigenvalue weighted by molar-refractivity contribution is -0.131. The Morgan fingerprint density at radius 1 is 1.13 bits per heavy atom. The third-order valence-corrected chi connectivity index (χ3v) is 5.41. The molecule has 0 radical (unpaired) electrons. The van der Waals surface area contributed by atoms with Crippen LogP contribution < -0.4 is 14.8 Å². The van der Waals surface area contributed by atoms with E-state index in [0.29, 0.717) is 35.5 Å². The van der Waals surface area contributed by atoms with E-state index in [-0.39, 0.29) is 6.79 Å². The number of benzene rings is 2. The summed E-state index contributed by atoms with van der Waals surface area (Å²) < 4.78 is 23.9. The topological polar surface area (TPSA) is 84.9 Å². The monoisotopic (exact) mass is 412 g/mol. The number of imide groups is 1. The Morgan fingerprint density at radius 3 is 2.60 bits per heavy atom. The average molecular weight is 412 g/mol. The first kappa shape index (κ1) is 19.9. The van der Waals surface area contributed by atoms with E-state index in [9.17, 15) is 18.8 Å². The van der Waals surface area contributed by atoms with Gasteiger partial charge in [0, 0.05) is 5.56 Å². The zero-order valence-corrected chi connectivity index (χ0v) is 16.4. The Labute approximate surface area is 172 Å². The van der Waals surface area contributed by atoms with Gasteiger partial charge in [0.15, 0.2) is 17.3 Å². The summed E-state index contributed by atoms with van der Waals surface area (Å²) >= 11 is 0. The maximum absolute atomic E-state index is 13.4. The van der Waals surface area contributed by atoms with Crippen molar-refractivity contribution >= 4 is 17.7 Å². The minimum atomic E-state index is -1.31. The van der Waals surface area contributed by atoms with Crippen LogP contribution in [0.25, 0.3) is 0 Å². The van der Waals surface area contributed by atoms with Crippen molar-refractivity contribution in [3.05, 3.63) is 59.4 Å². The minimum Gasteiger partial charge on any atom is -0.454 e. The van der Waals surface area contributed by atoms with E-state index in [1.807, 2.05) is 6.92 Å². The van der Waals surface area contributed by atoms with E-state index >= 15 is 0 Å². The largest absolute Gasteiger partial charge is 0.454 e. The van der Waals surface area contributed by atoms with Crippen molar-refractivity contribution in [2.45, 2.75) is 31.7 Å². The molecule has 1 fully saturated rings. The maximum atomic E-state index is 13.4. The van der Waals surface area contributed by atoms with Crippen LogP contribution >= 0.6 is 0 Å². The number of ether oxygens (including phenoxy) is 2. The molecule has 0 unspecified atom stereocenters. The van der Waals surface area contributed by atoms with Gasteiger partial charge >= 0.3 is 6.03 Å². The molecule has 4 rings (SSSR count). The molecule has 2 aliphatic heterocycles. The second kappa shape index (κ2) is 7.78. The standard InChI is InChI=1S/C22H21FN2O5/c1-2-3-10-22(15-5-7-16(23)8-6-15)20(27)25(21(28)24-22)12-17(26)14-4-9-18-19(11-14)30-13-29-18/h4-9,11H,2-3,10,12-13H2,1H3,(H,24,28)/t22-/m1/s1. The highest BCUT2D eigenvalue weighted by Crippen LogP contribution is 2.35. The highest BCUT2D eigenvalue weighted by molar-refractivity contribution is 6.11. The number of unbranched alkanes of at least 4 members (excludes halogenated alkanes) is 1. The summed E-state index contributed by atoms with van der Waals surface area (Å²) in [4.78, 5) is 39.7. The molecule has 30 heavy (non-hydrogen) atoms. The minimum absolute atomic E-state index is 0.0810. The van der Waals surface area contributed by atoms with Gasteiger partial charge in [-0.3, -0.25) is 14.5 Å². The molecule has 3 amide bonds. The fourth-order valence-corrected chi connectivity index (χ4v) is 3.76. The Hall–Kier alpha value is -3.42. The first-order chi connectivity index (χ1) is 14.4. The van der Waals surface area contributed by atoms with Gasteiger partial charge in [-0.2, -0.15) is 0 Å². The number of ketones is 1. The Morgan fingerprint density at radius 2 is 1.87 bits per heavy atom. The molecular weight excluding hydrogens is 391 g/mol. The molecular formula is C22H21FN2O5. The fraction of sp³-hybridized carbons (Fsp3) is 0.318. The zero-order chi connectivity index (χ0) is 21.3. The van der Waals surface area contributed by atoms with Crippen molar-refractivity contribution < 1.29 is 28.2 Å². The predicted molar refractivity (Wildman–Crippen MR) is 105 cm³/mol. The molecule has 0 spiro atoms. The fourth-order valence-electron chi connectivity index (χ4n) is 3.76. The maximum Gasteiger partial charge on any atom is 0.325 e. The lowest BCUT2D eigenvalue weighted by Gasteiger charge is -2.27. The van der Waals surface area contributed by atoms with Gasteiger partial charge in [-0.25, -0.2) is 9.18 Å². The number of hydrogen-bond acceptors (Lipinski definition) is 5. The van der Waals surface area contributed by atoms with E-state index in [2.05, 4.69) is 5.32 Å². The third-order valence-electron chi connectivity index (χ3n) is 5.41. The number of fused-ring (bicyclic) bond motifs is 1. The number of nitrogens with zero attached hydrogens (tertiary/aromatic N) is 1. The molecule has 1 saturated heterocycles. The second-order valence-electron chi connectivity index (χ2n) is 7.33. The Bertz CT molecular complexity index is 1010. The van der Waals surface area contributed by atoms with Gasteiger partial charge in [0.05, 0.1) is 6.54 Å². The van der Waals surface area contributed by atoms with E-state index < -0.39 is 35.6 Å². The summed E-state index contributed by atoms with van der Waals surface area (Å²) in [7, 11) is 0. The number of amides is 3. The van der Waals surface area contributed by atoms with Crippen molar-refractivity contribution in [3.63, 3.8) is 0 Å². The summed E-state index contributed by atoms with van der Waals surface area (Å²) in [5.41, 5.74) is -0.503. The lowest BCUT2D eigenvalue weighted by atomic mass is 9.84. The van der Waals surface area contributed by atoms with Gasteiger partial charge < -0.3 is 14.8 Å². The van der Waals surface area contributed by atoms with Crippen LogP contribution in [0, 0.1) is 5.82 Å². The van der Waals surface area contributed by atoms with Crippen molar-refractivity contribution in [2.24, 2.45) is 0 Å². The van der Waals surface area contributed by atoms with Crippen LogP contribution in [-0.4, -0.2) is 36.0 Å². The van der Waals surface area contributed by atoms with Crippen LogP contribution in [0.3, 0.4) is 0 Å². The quantitative estimate of drug-likeness (QED) is 0.557. The number of urea groups is 1. The molecule has 0 aliphatic carbocycles. The van der Waals surface area contributed by atoms with Crippen LogP contribution in [0.5, 0.6) is 11.5 Å². The molecule has 1 atom stereocenters.